The van der Waals surface area contributed by atoms with Crippen molar-refractivity contribution < 1.29 is 0 Å². The predicted molar refractivity (Wildman–Crippen MR) is 118 cm³/mol. The lowest BCUT2D eigenvalue weighted by atomic mass is 10.1. The number of piperidine rings is 2. The van der Waals surface area contributed by atoms with Gasteiger partial charge in [-0.1, -0.05) is 75.3 Å². The number of unbranched alkanes of at least 4 members (excludes halogenated alkanes) is 4. The average Bonchev–Trinajstić information content (AvgIpc) is 2.77. The summed E-state index contributed by atoms with van der Waals surface area (Å²) in [6.07, 6.45) is 14.1. The van der Waals surface area contributed by atoms with Crippen LogP contribution in [0, 0.1) is 11.8 Å². The smallest absolute Gasteiger partial charge is 0.126 e. The van der Waals surface area contributed by atoms with Gasteiger partial charge in [-0.2, -0.15) is 5.12 Å². The van der Waals surface area contributed by atoms with Crippen molar-refractivity contribution >= 4 is 0 Å². The number of hydrogen-bond acceptors (Lipinski definition) is 3. The van der Waals surface area contributed by atoms with E-state index < -0.39 is 0 Å². The van der Waals surface area contributed by atoms with Crippen molar-refractivity contribution in [3.05, 3.63) is 35.9 Å². The van der Waals surface area contributed by atoms with Crippen molar-refractivity contribution in [1.29, 1.82) is 0 Å². The van der Waals surface area contributed by atoms with Crippen molar-refractivity contribution in [2.75, 3.05) is 26.2 Å². The van der Waals surface area contributed by atoms with Crippen molar-refractivity contribution in [2.45, 2.75) is 83.6 Å². The van der Waals surface area contributed by atoms with Crippen molar-refractivity contribution in [1.82, 2.24) is 15.1 Å². The largest absolute Gasteiger partial charge is 0.226 e. The summed E-state index contributed by atoms with van der Waals surface area (Å²) in [6.45, 7) is 6.93. The molecule has 2 aliphatic heterocycles. The Morgan fingerprint density at radius 1 is 0.821 bits per heavy atom. The molecular weight excluding hydrogens is 342 g/mol. The average molecular weight is 382 g/mol. The summed E-state index contributed by atoms with van der Waals surface area (Å²) in [5, 5.41) is 7.75. The molecule has 0 bridgehead atoms. The zero-order chi connectivity index (χ0) is 19.4. The molecule has 154 valence electrons. The molecule has 2 saturated heterocycles. The first-order valence-electron chi connectivity index (χ1n) is 11.7. The normalized spacial score (nSPS) is 19.9. The summed E-state index contributed by atoms with van der Waals surface area (Å²) in [5.74, 6) is 7.26. The van der Waals surface area contributed by atoms with Crippen LogP contribution in [0.5, 0.6) is 0 Å². The maximum absolute atomic E-state index is 3.70. The molecule has 0 aromatic heterocycles. The number of hydrazine groups is 2. The maximum atomic E-state index is 3.70. The standard InChI is InChI=1S/C25H39N3/c1-2-3-4-5-6-12-19-25(24-17-10-7-11-18-24)28(26-20-13-8-14-21-26)27-22-15-9-16-23-27/h7,10-11,17-18,25H,2-6,8-9,13-16,20-23H2,1H3. The lowest BCUT2D eigenvalue weighted by Gasteiger charge is -2.47. The molecule has 3 heteroatoms. The Kier molecular flexibility index (Phi) is 9.37. The third-order valence-corrected chi connectivity index (χ3v) is 5.98. The third-order valence-electron chi connectivity index (χ3n) is 5.98. The van der Waals surface area contributed by atoms with Crippen LogP contribution in [0.15, 0.2) is 30.3 Å². The molecule has 0 amide bonds. The second kappa shape index (κ2) is 12.3. The first kappa shape index (κ1) is 21.4. The van der Waals surface area contributed by atoms with Crippen molar-refractivity contribution in [2.24, 2.45) is 0 Å². The molecule has 1 unspecified atom stereocenters. The SMILES string of the molecule is CCCCCCC#CC(c1ccccc1)N(N1CCCCC1)N1CCCCC1. The van der Waals surface area contributed by atoms with Gasteiger partial charge in [-0.15, -0.1) is 5.92 Å². The van der Waals surface area contributed by atoms with Crippen LogP contribution in [0.2, 0.25) is 0 Å². The molecule has 2 heterocycles. The minimum Gasteiger partial charge on any atom is -0.226 e. The van der Waals surface area contributed by atoms with E-state index in [1.807, 2.05) is 0 Å². The van der Waals surface area contributed by atoms with Gasteiger partial charge in [0.25, 0.3) is 0 Å². The number of hydrogen-bond donors (Lipinski definition) is 0. The molecule has 1 aromatic carbocycles. The number of nitrogens with zero attached hydrogens (tertiary/aromatic N) is 3. The summed E-state index contributed by atoms with van der Waals surface area (Å²) in [4.78, 5) is 0. The Labute approximate surface area is 173 Å². The van der Waals surface area contributed by atoms with Gasteiger partial charge >= 0.3 is 0 Å². The number of benzene rings is 1. The molecule has 0 saturated carbocycles. The maximum Gasteiger partial charge on any atom is 0.126 e. The predicted octanol–water partition coefficient (Wildman–Crippen LogP) is 5.81. The summed E-state index contributed by atoms with van der Waals surface area (Å²) in [5.41, 5.74) is 1.33. The topological polar surface area (TPSA) is 9.72 Å². The molecule has 1 aromatic rings. The van der Waals surface area contributed by atoms with Crippen LogP contribution in [0.4, 0.5) is 0 Å². The van der Waals surface area contributed by atoms with Crippen LogP contribution in [0.3, 0.4) is 0 Å². The minimum absolute atomic E-state index is 0.142. The molecule has 28 heavy (non-hydrogen) atoms. The van der Waals surface area contributed by atoms with Gasteiger partial charge in [0.05, 0.1) is 0 Å². The van der Waals surface area contributed by atoms with Crippen LogP contribution in [0.1, 0.15) is 89.2 Å². The highest BCUT2D eigenvalue weighted by Gasteiger charge is 2.31. The van der Waals surface area contributed by atoms with Gasteiger partial charge in [-0.25, -0.2) is 10.0 Å². The fourth-order valence-corrected chi connectivity index (χ4v) is 4.39. The fraction of sp³-hybridized carbons (Fsp3) is 0.680. The van der Waals surface area contributed by atoms with Gasteiger partial charge in [0, 0.05) is 32.6 Å². The lowest BCUT2D eigenvalue weighted by molar-refractivity contribution is -0.214. The molecule has 0 spiro atoms. The van der Waals surface area contributed by atoms with E-state index in [-0.39, 0.29) is 6.04 Å². The van der Waals surface area contributed by atoms with Gasteiger partial charge in [-0.3, -0.25) is 0 Å². The zero-order valence-electron chi connectivity index (χ0n) is 17.9. The number of rotatable bonds is 8. The van der Waals surface area contributed by atoms with Crippen LogP contribution in [-0.4, -0.2) is 41.3 Å². The van der Waals surface area contributed by atoms with E-state index in [4.69, 9.17) is 0 Å². The molecule has 2 fully saturated rings. The van der Waals surface area contributed by atoms with Crippen LogP contribution in [0.25, 0.3) is 0 Å². The Morgan fingerprint density at radius 2 is 1.43 bits per heavy atom. The van der Waals surface area contributed by atoms with E-state index in [2.05, 4.69) is 64.2 Å². The molecule has 0 radical (unpaired) electrons. The van der Waals surface area contributed by atoms with Gasteiger partial charge < -0.3 is 0 Å². The van der Waals surface area contributed by atoms with Gasteiger partial charge in [-0.05, 0) is 37.7 Å². The highest BCUT2D eigenvalue weighted by atomic mass is 15.9. The molecule has 2 aliphatic rings. The van der Waals surface area contributed by atoms with E-state index in [1.165, 1.54) is 69.8 Å². The van der Waals surface area contributed by atoms with Crippen molar-refractivity contribution in [3.8, 4) is 11.8 Å². The Balaban J connectivity index is 1.81. The summed E-state index contributed by atoms with van der Waals surface area (Å²) in [7, 11) is 0. The Morgan fingerprint density at radius 3 is 2.00 bits per heavy atom. The fourth-order valence-electron chi connectivity index (χ4n) is 4.39. The van der Waals surface area contributed by atoms with Crippen LogP contribution >= 0.6 is 0 Å². The molecule has 3 rings (SSSR count). The second-order valence-electron chi connectivity index (χ2n) is 8.29. The van der Waals surface area contributed by atoms with Crippen molar-refractivity contribution in [3.63, 3.8) is 0 Å². The Bertz CT molecular complexity index is 573. The van der Waals surface area contributed by atoms with Gasteiger partial charge in [0.15, 0.2) is 0 Å². The van der Waals surface area contributed by atoms with E-state index in [0.29, 0.717) is 0 Å². The van der Waals surface area contributed by atoms with E-state index in [9.17, 15) is 0 Å². The van der Waals surface area contributed by atoms with Gasteiger partial charge in [0.1, 0.15) is 6.04 Å². The highest BCUT2D eigenvalue weighted by molar-refractivity contribution is 5.27. The summed E-state index contributed by atoms with van der Waals surface area (Å²) < 4.78 is 0. The first-order valence-corrected chi connectivity index (χ1v) is 11.7. The molecule has 1 atom stereocenters. The third kappa shape index (κ3) is 6.34. The minimum atomic E-state index is 0.142. The quantitative estimate of drug-likeness (QED) is 0.416. The highest BCUT2D eigenvalue weighted by Crippen LogP contribution is 2.28. The molecule has 0 aliphatic carbocycles. The molecule has 3 nitrogen and oxygen atoms in total. The van der Waals surface area contributed by atoms with Gasteiger partial charge in [0.2, 0.25) is 0 Å². The summed E-state index contributed by atoms with van der Waals surface area (Å²) >= 11 is 0. The molecular formula is C25H39N3. The van der Waals surface area contributed by atoms with Crippen LogP contribution in [-0.2, 0) is 0 Å². The second-order valence-corrected chi connectivity index (χ2v) is 8.29. The monoisotopic (exact) mass is 381 g/mol. The lowest BCUT2D eigenvalue weighted by Crippen LogP contribution is -2.57. The van der Waals surface area contributed by atoms with Crippen LogP contribution < -0.4 is 0 Å². The summed E-state index contributed by atoms with van der Waals surface area (Å²) in [6, 6.07) is 11.1. The Hall–Kier alpha value is -1.34. The van der Waals surface area contributed by atoms with E-state index in [0.717, 1.165) is 32.6 Å². The first-order chi connectivity index (χ1) is 13.9. The van der Waals surface area contributed by atoms with E-state index >= 15 is 0 Å². The molecule has 0 N–H and O–H groups in total. The van der Waals surface area contributed by atoms with E-state index in [1.54, 1.807) is 0 Å². The zero-order valence-corrected chi connectivity index (χ0v) is 17.9.